The largest absolute Gasteiger partial charge is 0.375 e. The molecule has 1 aliphatic rings. The summed E-state index contributed by atoms with van der Waals surface area (Å²) in [6, 6.07) is 2.88. The Labute approximate surface area is 122 Å². The minimum atomic E-state index is -0.660. The van der Waals surface area contributed by atoms with Gasteiger partial charge >= 0.3 is 0 Å². The van der Waals surface area contributed by atoms with Crippen LogP contribution in [-0.4, -0.2) is 22.5 Å². The summed E-state index contributed by atoms with van der Waals surface area (Å²) in [6.07, 6.45) is 2.15. The molecule has 0 fully saturated rings. The maximum Gasteiger partial charge on any atom is 0.267 e. The number of hydrogen-bond donors (Lipinski definition) is 1. The summed E-state index contributed by atoms with van der Waals surface area (Å²) >= 11 is 0. The van der Waals surface area contributed by atoms with Crippen LogP contribution in [0.25, 0.3) is 11.3 Å². The molecule has 0 radical (unpaired) electrons. The van der Waals surface area contributed by atoms with Crippen LogP contribution in [0.15, 0.2) is 18.3 Å². The highest BCUT2D eigenvalue weighted by molar-refractivity contribution is 7.27. The van der Waals surface area contributed by atoms with Gasteiger partial charge in [0, 0.05) is 11.8 Å². The van der Waals surface area contributed by atoms with E-state index >= 15 is 0 Å². The molecule has 0 aliphatic carbocycles. The highest BCUT2D eigenvalue weighted by atomic mass is 31.0. The zero-order valence-corrected chi connectivity index (χ0v) is 12.3. The fourth-order valence-corrected chi connectivity index (χ4v) is 2.58. The van der Waals surface area contributed by atoms with E-state index in [1.807, 2.05) is 0 Å². The molecule has 3 rings (SSSR count). The van der Waals surface area contributed by atoms with E-state index in [0.717, 1.165) is 5.56 Å². The van der Waals surface area contributed by atoms with Gasteiger partial charge in [0.1, 0.15) is 17.2 Å². The predicted molar refractivity (Wildman–Crippen MR) is 78.6 cm³/mol. The normalized spacial score (nSPS) is 13.8. The van der Waals surface area contributed by atoms with Crippen LogP contribution in [0.5, 0.6) is 0 Å². The average molecular weight is 305 g/mol. The van der Waals surface area contributed by atoms with Gasteiger partial charge in [0.15, 0.2) is 0 Å². The number of ether oxygens (including phenoxy) is 1. The van der Waals surface area contributed by atoms with Gasteiger partial charge in [-0.2, -0.15) is 0 Å². The summed E-state index contributed by atoms with van der Waals surface area (Å²) in [7, 11) is 2.39. The van der Waals surface area contributed by atoms with Crippen molar-refractivity contribution in [2.45, 2.75) is 13.0 Å². The van der Waals surface area contributed by atoms with Crippen molar-refractivity contribution in [1.82, 2.24) is 9.97 Å². The number of nitrogens with zero attached hydrogens (tertiary/aromatic N) is 2. The molecule has 3 heterocycles. The number of carbonyl (C=O) groups excluding carboxylic acids is 1. The molecule has 0 saturated heterocycles. The molecule has 0 bridgehead atoms. The third kappa shape index (κ3) is 2.64. The lowest BCUT2D eigenvalue weighted by molar-refractivity contribution is 0.0985. The fourth-order valence-electron chi connectivity index (χ4n) is 2.35. The van der Waals surface area contributed by atoms with Crippen LogP contribution in [0.1, 0.15) is 21.7 Å². The van der Waals surface area contributed by atoms with Crippen LogP contribution >= 0.6 is 9.24 Å². The second-order valence-electron chi connectivity index (χ2n) is 4.75. The number of carbonyl (C=O) groups is 1. The zero-order valence-electron chi connectivity index (χ0n) is 11.1. The van der Waals surface area contributed by atoms with Crippen molar-refractivity contribution < 1.29 is 13.9 Å². The van der Waals surface area contributed by atoms with Gasteiger partial charge in [-0.15, -0.1) is 9.24 Å². The molecule has 1 aliphatic heterocycles. The lowest BCUT2D eigenvalue weighted by atomic mass is 9.97. The molecule has 108 valence electrons. The second kappa shape index (κ2) is 5.47. The van der Waals surface area contributed by atoms with Gasteiger partial charge < -0.3 is 10.5 Å². The Balaban J connectivity index is 2.24. The van der Waals surface area contributed by atoms with E-state index < -0.39 is 11.7 Å². The van der Waals surface area contributed by atoms with E-state index in [9.17, 15) is 9.18 Å². The number of amides is 1. The fraction of sp³-hybridized carbons (Fsp3) is 0.214. The van der Waals surface area contributed by atoms with Gasteiger partial charge in [0.25, 0.3) is 5.91 Å². The molecular weight excluding hydrogens is 292 g/mol. The first-order valence-electron chi connectivity index (χ1n) is 6.38. The van der Waals surface area contributed by atoms with Crippen LogP contribution in [0, 0.1) is 5.82 Å². The first-order valence-corrected chi connectivity index (χ1v) is 6.95. The number of hydrogen-bond acceptors (Lipinski definition) is 4. The molecule has 7 heteroatoms. The Kier molecular flexibility index (Phi) is 3.66. The maximum absolute atomic E-state index is 14.2. The SMILES string of the molecule is NC(=O)c1cc(-c2ncc(P)cc2F)c2c(n1)COCC2. The lowest BCUT2D eigenvalue weighted by Gasteiger charge is -2.20. The molecule has 0 aromatic carbocycles. The molecule has 5 nitrogen and oxygen atoms in total. The smallest absolute Gasteiger partial charge is 0.267 e. The molecule has 0 saturated carbocycles. The number of primary amides is 1. The van der Waals surface area contributed by atoms with Crippen LogP contribution in [-0.2, 0) is 17.8 Å². The van der Waals surface area contributed by atoms with Crippen molar-refractivity contribution in [3.63, 3.8) is 0 Å². The van der Waals surface area contributed by atoms with E-state index in [2.05, 4.69) is 19.2 Å². The first-order chi connectivity index (χ1) is 10.1. The molecule has 0 spiro atoms. The van der Waals surface area contributed by atoms with Crippen LogP contribution in [0.3, 0.4) is 0 Å². The van der Waals surface area contributed by atoms with Crippen molar-refractivity contribution in [2.75, 3.05) is 6.61 Å². The van der Waals surface area contributed by atoms with Gasteiger partial charge in [-0.25, -0.2) is 9.37 Å². The highest BCUT2D eigenvalue weighted by Gasteiger charge is 2.21. The van der Waals surface area contributed by atoms with Crippen LogP contribution < -0.4 is 11.0 Å². The average Bonchev–Trinajstić information content (AvgIpc) is 2.46. The third-order valence-corrected chi connectivity index (χ3v) is 3.63. The monoisotopic (exact) mass is 305 g/mol. The van der Waals surface area contributed by atoms with Gasteiger partial charge in [-0.1, -0.05) is 0 Å². The van der Waals surface area contributed by atoms with E-state index in [1.165, 1.54) is 12.1 Å². The number of fused-ring (bicyclic) bond motifs is 1. The summed E-state index contributed by atoms with van der Waals surface area (Å²) < 4.78 is 19.5. The summed E-state index contributed by atoms with van der Waals surface area (Å²) in [4.78, 5) is 19.7. The summed E-state index contributed by atoms with van der Waals surface area (Å²) in [6.45, 7) is 0.813. The number of pyridine rings is 2. The molecule has 1 atom stereocenters. The molecule has 21 heavy (non-hydrogen) atoms. The van der Waals surface area contributed by atoms with E-state index in [-0.39, 0.29) is 18.0 Å². The summed E-state index contributed by atoms with van der Waals surface area (Å²) in [5.74, 6) is -1.11. The highest BCUT2D eigenvalue weighted by Crippen LogP contribution is 2.29. The molecule has 2 N–H and O–H groups in total. The van der Waals surface area contributed by atoms with E-state index in [4.69, 9.17) is 10.5 Å². The number of nitrogens with two attached hydrogens (primary N) is 1. The van der Waals surface area contributed by atoms with E-state index in [1.54, 1.807) is 6.20 Å². The predicted octanol–water partition coefficient (Wildman–Crippen LogP) is 0.955. The Morgan fingerprint density at radius 3 is 2.95 bits per heavy atom. The van der Waals surface area contributed by atoms with Gasteiger partial charge in [-0.05, 0) is 29.4 Å². The van der Waals surface area contributed by atoms with Crippen molar-refractivity contribution in [2.24, 2.45) is 5.73 Å². The van der Waals surface area contributed by atoms with Crippen LogP contribution in [0.4, 0.5) is 4.39 Å². The third-order valence-electron chi connectivity index (χ3n) is 3.32. The number of aromatic nitrogens is 2. The van der Waals surface area contributed by atoms with Crippen molar-refractivity contribution in [3.8, 4) is 11.3 Å². The quantitative estimate of drug-likeness (QED) is 0.838. The van der Waals surface area contributed by atoms with Crippen molar-refractivity contribution in [3.05, 3.63) is 41.1 Å². The van der Waals surface area contributed by atoms with Crippen LogP contribution in [0.2, 0.25) is 0 Å². The Morgan fingerprint density at radius 1 is 1.43 bits per heavy atom. The minimum Gasteiger partial charge on any atom is -0.375 e. The van der Waals surface area contributed by atoms with Gasteiger partial charge in [-0.3, -0.25) is 9.78 Å². The van der Waals surface area contributed by atoms with Crippen molar-refractivity contribution in [1.29, 1.82) is 0 Å². The van der Waals surface area contributed by atoms with E-state index in [0.29, 0.717) is 29.6 Å². The summed E-state index contributed by atoms with van der Waals surface area (Å²) in [5, 5.41) is 0.651. The van der Waals surface area contributed by atoms with Gasteiger partial charge in [0.05, 0.1) is 18.9 Å². The van der Waals surface area contributed by atoms with Crippen molar-refractivity contribution >= 4 is 20.5 Å². The molecule has 1 amide bonds. The molecule has 1 unspecified atom stereocenters. The first kappa shape index (κ1) is 14.0. The van der Waals surface area contributed by atoms with Gasteiger partial charge in [0.2, 0.25) is 0 Å². The lowest BCUT2D eigenvalue weighted by Crippen LogP contribution is -2.19. The topological polar surface area (TPSA) is 78.1 Å². The molecule has 2 aromatic rings. The second-order valence-corrected chi connectivity index (χ2v) is 5.41. The number of rotatable bonds is 2. The Hall–Kier alpha value is -1.91. The Bertz CT molecular complexity index is 736. The molecule has 2 aromatic heterocycles. The minimum absolute atomic E-state index is 0.0883. The zero-order chi connectivity index (χ0) is 15.0. The standard InChI is InChI=1S/C14H13FN3O2P/c15-10-3-7(21)5-17-13(10)9-4-11(14(16)19)18-12-6-20-2-1-8(9)12/h3-5H,1-2,6,21H2,(H2,16,19). The summed E-state index contributed by atoms with van der Waals surface area (Å²) in [5.41, 5.74) is 7.61. The maximum atomic E-state index is 14.2. The molecular formula is C14H13FN3O2P. The number of halogens is 1. The Morgan fingerprint density at radius 2 is 2.24 bits per heavy atom.